The molecule has 0 N–H and O–H groups in total. The number of thiazole rings is 1. The average molecular weight is 445 g/mol. The molecule has 0 aliphatic carbocycles. The second-order valence-corrected chi connectivity index (χ2v) is 8.23. The van der Waals surface area contributed by atoms with Crippen molar-refractivity contribution in [2.24, 2.45) is 0 Å². The van der Waals surface area contributed by atoms with Crippen molar-refractivity contribution in [1.29, 1.82) is 0 Å². The maximum Gasteiger partial charge on any atom is 0.416 e. The Morgan fingerprint density at radius 3 is 2.77 bits per heavy atom. The van der Waals surface area contributed by atoms with Gasteiger partial charge in [-0.05, 0) is 23.8 Å². The molecule has 1 atom stereocenters. The van der Waals surface area contributed by atoms with Crippen LogP contribution in [0.4, 0.5) is 18.3 Å². The highest BCUT2D eigenvalue weighted by Crippen LogP contribution is 2.37. The predicted octanol–water partition coefficient (Wildman–Crippen LogP) is 4.53. The molecule has 10 heteroatoms. The van der Waals surface area contributed by atoms with Crippen LogP contribution in [0.1, 0.15) is 23.0 Å². The molecule has 0 radical (unpaired) electrons. The summed E-state index contributed by atoms with van der Waals surface area (Å²) >= 11 is 1.37. The van der Waals surface area contributed by atoms with Gasteiger partial charge in [0.25, 0.3) is 0 Å². The fourth-order valence-corrected chi connectivity index (χ4v) is 4.69. The summed E-state index contributed by atoms with van der Waals surface area (Å²) in [7, 11) is 0. The molecule has 1 fully saturated rings. The summed E-state index contributed by atoms with van der Waals surface area (Å²) in [4.78, 5) is 11.0. The van der Waals surface area contributed by atoms with Crippen molar-refractivity contribution in [2.75, 3.05) is 24.7 Å². The fourth-order valence-electron chi connectivity index (χ4n) is 3.67. The quantitative estimate of drug-likeness (QED) is 0.462. The van der Waals surface area contributed by atoms with Gasteiger partial charge in [0.05, 0.1) is 35.5 Å². The number of benzene rings is 2. The second-order valence-electron chi connectivity index (χ2n) is 7.22. The molecule has 31 heavy (non-hydrogen) atoms. The Labute approximate surface area is 179 Å². The fraction of sp³-hybridized carbons (Fsp3) is 0.286. The van der Waals surface area contributed by atoms with E-state index in [1.54, 1.807) is 0 Å². The van der Waals surface area contributed by atoms with E-state index in [4.69, 9.17) is 4.74 Å². The van der Waals surface area contributed by atoms with Crippen LogP contribution < -0.4 is 4.90 Å². The van der Waals surface area contributed by atoms with Crippen LogP contribution in [0.2, 0.25) is 0 Å². The normalized spacial score (nSPS) is 17.4. The molecule has 1 aliphatic heterocycles. The highest BCUT2D eigenvalue weighted by Gasteiger charge is 2.33. The third kappa shape index (κ3) is 4.00. The number of alkyl halides is 3. The van der Waals surface area contributed by atoms with Crippen LogP contribution in [0.3, 0.4) is 0 Å². The van der Waals surface area contributed by atoms with Gasteiger partial charge in [0.1, 0.15) is 12.4 Å². The minimum absolute atomic E-state index is 0.234. The van der Waals surface area contributed by atoms with E-state index in [9.17, 15) is 13.2 Å². The summed E-state index contributed by atoms with van der Waals surface area (Å²) in [5.41, 5.74) is 0.737. The first-order valence-corrected chi connectivity index (χ1v) is 10.5. The lowest BCUT2D eigenvalue weighted by Crippen LogP contribution is -2.41. The number of aromatic nitrogens is 4. The van der Waals surface area contributed by atoms with Gasteiger partial charge in [-0.15, -0.1) is 0 Å². The van der Waals surface area contributed by atoms with Crippen LogP contribution in [0.15, 0.2) is 54.9 Å². The Kier molecular flexibility index (Phi) is 5.11. The van der Waals surface area contributed by atoms with Gasteiger partial charge in [-0.1, -0.05) is 41.7 Å². The highest BCUT2D eigenvalue weighted by molar-refractivity contribution is 7.22. The van der Waals surface area contributed by atoms with Crippen molar-refractivity contribution < 1.29 is 17.9 Å². The van der Waals surface area contributed by atoms with Gasteiger partial charge in [0, 0.05) is 6.54 Å². The second kappa shape index (κ2) is 7.93. The van der Waals surface area contributed by atoms with Gasteiger partial charge in [0.2, 0.25) is 0 Å². The van der Waals surface area contributed by atoms with Crippen LogP contribution in [0.5, 0.6) is 0 Å². The largest absolute Gasteiger partial charge is 0.416 e. The van der Waals surface area contributed by atoms with E-state index < -0.39 is 11.7 Å². The zero-order valence-corrected chi connectivity index (χ0v) is 17.1. The Morgan fingerprint density at radius 2 is 1.97 bits per heavy atom. The topological polar surface area (TPSA) is 56.1 Å². The molecule has 2 aromatic carbocycles. The molecule has 0 spiro atoms. The summed E-state index contributed by atoms with van der Waals surface area (Å²) < 4.78 is 47.5. The molecular weight excluding hydrogens is 427 g/mol. The lowest BCUT2D eigenvalue weighted by Gasteiger charge is -2.34. The lowest BCUT2D eigenvalue weighted by molar-refractivity contribution is -0.137. The van der Waals surface area contributed by atoms with Crippen molar-refractivity contribution in [3.8, 4) is 0 Å². The molecule has 1 saturated heterocycles. The molecular formula is C21H18F3N5OS. The Balaban J connectivity index is 1.48. The van der Waals surface area contributed by atoms with Gasteiger partial charge >= 0.3 is 6.18 Å². The zero-order chi connectivity index (χ0) is 21.4. The molecule has 0 bridgehead atoms. The third-order valence-electron chi connectivity index (χ3n) is 5.20. The number of fused-ring (bicyclic) bond motifs is 1. The predicted molar refractivity (Wildman–Crippen MR) is 111 cm³/mol. The van der Waals surface area contributed by atoms with Crippen LogP contribution in [0.25, 0.3) is 10.2 Å². The standard InChI is InChI=1S/C21H18F3N5OS/c22-21(23,24)15-6-7-18-16(10-15)27-20(31-18)28-8-9-30-12-17(28)19-25-13-26-29(19)11-14-4-2-1-3-5-14/h1-7,10,13,17H,8-9,11-12H2/t17-/m0/s1. The summed E-state index contributed by atoms with van der Waals surface area (Å²) in [5.74, 6) is 0.735. The lowest BCUT2D eigenvalue weighted by atomic mass is 10.2. The molecule has 0 unspecified atom stereocenters. The molecule has 3 heterocycles. The average Bonchev–Trinajstić information content (AvgIpc) is 3.40. The van der Waals surface area contributed by atoms with Crippen LogP contribution in [0, 0.1) is 0 Å². The molecule has 2 aromatic heterocycles. The number of anilines is 1. The smallest absolute Gasteiger partial charge is 0.377 e. The first-order chi connectivity index (χ1) is 15.0. The van der Waals surface area contributed by atoms with E-state index in [-0.39, 0.29) is 6.04 Å². The van der Waals surface area contributed by atoms with Gasteiger partial charge in [-0.2, -0.15) is 18.3 Å². The SMILES string of the molecule is FC(F)(F)c1ccc2sc(N3CCOC[C@H]3c3ncnn3Cc3ccccc3)nc2c1. The maximum atomic E-state index is 13.1. The van der Waals surface area contributed by atoms with Crippen molar-refractivity contribution in [1.82, 2.24) is 19.7 Å². The van der Waals surface area contributed by atoms with Gasteiger partial charge < -0.3 is 9.64 Å². The monoisotopic (exact) mass is 445 g/mol. The maximum absolute atomic E-state index is 13.1. The summed E-state index contributed by atoms with van der Waals surface area (Å²) in [5, 5.41) is 5.03. The number of halogens is 3. The van der Waals surface area contributed by atoms with E-state index in [2.05, 4.69) is 15.1 Å². The third-order valence-corrected chi connectivity index (χ3v) is 6.27. The minimum Gasteiger partial charge on any atom is -0.377 e. The molecule has 6 nitrogen and oxygen atoms in total. The van der Waals surface area contributed by atoms with Crippen molar-refractivity contribution >= 4 is 26.7 Å². The Bertz CT molecular complexity index is 1190. The Morgan fingerprint density at radius 1 is 1.13 bits per heavy atom. The number of hydrogen-bond donors (Lipinski definition) is 0. The van der Waals surface area contributed by atoms with E-state index in [1.807, 2.05) is 39.9 Å². The Hall–Kier alpha value is -2.98. The summed E-state index contributed by atoms with van der Waals surface area (Å²) in [6, 6.07) is 13.4. The molecule has 0 saturated carbocycles. The first-order valence-electron chi connectivity index (χ1n) is 9.73. The van der Waals surface area contributed by atoms with Crippen molar-refractivity contribution in [3.63, 3.8) is 0 Å². The zero-order valence-electron chi connectivity index (χ0n) is 16.3. The summed E-state index contributed by atoms with van der Waals surface area (Å²) in [6.07, 6.45) is -2.88. The van der Waals surface area contributed by atoms with Crippen LogP contribution >= 0.6 is 11.3 Å². The number of morpholine rings is 1. The van der Waals surface area contributed by atoms with Gasteiger partial charge in [-0.25, -0.2) is 14.6 Å². The summed E-state index contributed by atoms with van der Waals surface area (Å²) in [6.45, 7) is 2.04. The van der Waals surface area contributed by atoms with Crippen molar-refractivity contribution in [2.45, 2.75) is 18.8 Å². The van der Waals surface area contributed by atoms with Crippen molar-refractivity contribution in [3.05, 3.63) is 71.8 Å². The van der Waals surface area contributed by atoms with Gasteiger partial charge in [-0.3, -0.25) is 0 Å². The van der Waals surface area contributed by atoms with E-state index in [0.29, 0.717) is 41.7 Å². The molecule has 160 valence electrons. The van der Waals surface area contributed by atoms with Crippen LogP contribution in [-0.4, -0.2) is 39.5 Å². The van der Waals surface area contributed by atoms with E-state index >= 15 is 0 Å². The number of hydrogen-bond acceptors (Lipinski definition) is 6. The molecule has 1 aliphatic rings. The van der Waals surface area contributed by atoms with Gasteiger partial charge in [0.15, 0.2) is 11.0 Å². The van der Waals surface area contributed by atoms with E-state index in [1.165, 1.54) is 23.7 Å². The minimum atomic E-state index is -4.40. The molecule has 0 amide bonds. The number of ether oxygens (including phenoxy) is 1. The molecule has 4 aromatic rings. The highest BCUT2D eigenvalue weighted by atomic mass is 32.1. The number of nitrogens with zero attached hydrogens (tertiary/aromatic N) is 5. The van der Waals surface area contributed by atoms with E-state index in [0.717, 1.165) is 23.5 Å². The molecule has 5 rings (SSSR count). The van der Waals surface area contributed by atoms with Crippen LogP contribution in [-0.2, 0) is 17.5 Å². The first kappa shape index (κ1) is 20.0. The number of rotatable bonds is 4.